The van der Waals surface area contributed by atoms with Crippen molar-refractivity contribution >= 4 is 0 Å². The zero-order valence-corrected chi connectivity index (χ0v) is 8.75. The molecule has 1 N–H and O–H groups in total. The maximum atomic E-state index is 9.19. The van der Waals surface area contributed by atoms with Crippen LogP contribution in [-0.2, 0) is 0 Å². The number of rotatable bonds is 3. The van der Waals surface area contributed by atoms with Crippen molar-refractivity contribution in [2.75, 3.05) is 0 Å². The van der Waals surface area contributed by atoms with Crippen LogP contribution in [0.1, 0.15) is 40.5 Å². The number of hydrogen-bond donors (Lipinski definition) is 1. The molecule has 0 spiro atoms. The van der Waals surface area contributed by atoms with E-state index in [1.165, 1.54) is 0 Å². The van der Waals surface area contributed by atoms with Crippen LogP contribution in [0.15, 0.2) is 0 Å². The van der Waals surface area contributed by atoms with Crippen LogP contribution in [0.5, 0.6) is 0 Å². The molecule has 72 valence electrons. The Bertz CT molecular complexity index is 136. The van der Waals surface area contributed by atoms with Crippen molar-refractivity contribution in [2.45, 2.75) is 46.6 Å². The molecule has 0 aromatic rings. The van der Waals surface area contributed by atoms with E-state index < -0.39 is 0 Å². The Hall–Kier alpha value is -0.0400. The Kier molecular flexibility index (Phi) is 3.16. The normalized spacial score (nSPS) is 34.5. The van der Waals surface area contributed by atoms with Gasteiger partial charge in [-0.25, -0.2) is 0 Å². The molecule has 12 heavy (non-hydrogen) atoms. The molecule has 0 aromatic heterocycles. The summed E-state index contributed by atoms with van der Waals surface area (Å²) >= 11 is 0. The monoisotopic (exact) mass is 170 g/mol. The van der Waals surface area contributed by atoms with Crippen LogP contribution in [0.4, 0.5) is 0 Å². The maximum absolute atomic E-state index is 9.19. The Morgan fingerprint density at radius 1 is 1.08 bits per heavy atom. The topological polar surface area (TPSA) is 20.2 Å². The first-order valence-electron chi connectivity index (χ1n) is 5.20. The van der Waals surface area contributed by atoms with E-state index >= 15 is 0 Å². The van der Waals surface area contributed by atoms with Gasteiger partial charge in [-0.2, -0.15) is 0 Å². The van der Waals surface area contributed by atoms with Crippen molar-refractivity contribution in [2.24, 2.45) is 23.7 Å². The van der Waals surface area contributed by atoms with Gasteiger partial charge in [-0.15, -0.1) is 0 Å². The molecule has 1 aliphatic carbocycles. The molecule has 0 amide bonds. The van der Waals surface area contributed by atoms with Gasteiger partial charge >= 0.3 is 0 Å². The molecule has 0 aliphatic heterocycles. The smallest absolute Gasteiger partial charge is 0.0545 e. The highest BCUT2D eigenvalue weighted by Gasteiger charge is 2.34. The third-order valence-corrected chi connectivity index (χ3v) is 3.77. The summed E-state index contributed by atoms with van der Waals surface area (Å²) < 4.78 is 0. The SMILES string of the molecule is CC(C)C(C)C(C)C1CC(O)C1. The average molecular weight is 170 g/mol. The van der Waals surface area contributed by atoms with Gasteiger partial charge in [-0.3, -0.25) is 0 Å². The molecule has 0 radical (unpaired) electrons. The molecule has 0 saturated heterocycles. The van der Waals surface area contributed by atoms with E-state index in [-0.39, 0.29) is 6.10 Å². The Labute approximate surface area is 76.2 Å². The highest BCUT2D eigenvalue weighted by Crippen LogP contribution is 2.39. The van der Waals surface area contributed by atoms with E-state index in [0.717, 1.165) is 36.5 Å². The third kappa shape index (κ3) is 2.01. The predicted molar refractivity (Wildman–Crippen MR) is 51.9 cm³/mol. The number of aliphatic hydroxyl groups is 1. The van der Waals surface area contributed by atoms with E-state index in [9.17, 15) is 5.11 Å². The van der Waals surface area contributed by atoms with Crippen molar-refractivity contribution in [3.63, 3.8) is 0 Å². The maximum Gasteiger partial charge on any atom is 0.0545 e. The van der Waals surface area contributed by atoms with Gasteiger partial charge in [0.15, 0.2) is 0 Å². The largest absolute Gasteiger partial charge is 0.393 e. The van der Waals surface area contributed by atoms with Crippen LogP contribution in [0.2, 0.25) is 0 Å². The summed E-state index contributed by atoms with van der Waals surface area (Å²) in [5.74, 6) is 3.14. The van der Waals surface area contributed by atoms with Gasteiger partial charge in [-0.1, -0.05) is 27.7 Å². The fourth-order valence-electron chi connectivity index (χ4n) is 2.10. The second-order valence-electron chi connectivity index (χ2n) is 4.85. The summed E-state index contributed by atoms with van der Waals surface area (Å²) in [6.45, 7) is 9.24. The Balaban J connectivity index is 2.32. The van der Waals surface area contributed by atoms with Gasteiger partial charge in [-0.05, 0) is 36.5 Å². The van der Waals surface area contributed by atoms with E-state index in [1.807, 2.05) is 0 Å². The molecule has 2 unspecified atom stereocenters. The molecule has 1 nitrogen and oxygen atoms in total. The highest BCUT2D eigenvalue weighted by molar-refractivity contribution is 4.84. The minimum absolute atomic E-state index is 0.0109. The van der Waals surface area contributed by atoms with E-state index in [2.05, 4.69) is 27.7 Å². The minimum Gasteiger partial charge on any atom is -0.393 e. The molecule has 1 saturated carbocycles. The lowest BCUT2D eigenvalue weighted by Gasteiger charge is -2.40. The Morgan fingerprint density at radius 3 is 1.92 bits per heavy atom. The lowest BCUT2D eigenvalue weighted by Crippen LogP contribution is -2.36. The van der Waals surface area contributed by atoms with E-state index in [0.29, 0.717) is 0 Å². The van der Waals surface area contributed by atoms with Crippen LogP contribution in [0.3, 0.4) is 0 Å². The number of hydrogen-bond acceptors (Lipinski definition) is 1. The molecule has 2 atom stereocenters. The van der Waals surface area contributed by atoms with E-state index in [4.69, 9.17) is 0 Å². The van der Waals surface area contributed by atoms with Crippen molar-refractivity contribution in [3.8, 4) is 0 Å². The molecule has 1 fully saturated rings. The lowest BCUT2D eigenvalue weighted by molar-refractivity contribution is 0.000180. The zero-order valence-electron chi connectivity index (χ0n) is 8.75. The zero-order chi connectivity index (χ0) is 9.30. The van der Waals surface area contributed by atoms with Crippen molar-refractivity contribution in [3.05, 3.63) is 0 Å². The first-order valence-corrected chi connectivity index (χ1v) is 5.20. The second kappa shape index (κ2) is 3.78. The molecule has 1 aliphatic rings. The van der Waals surface area contributed by atoms with Crippen LogP contribution >= 0.6 is 0 Å². The van der Waals surface area contributed by atoms with Crippen LogP contribution in [0.25, 0.3) is 0 Å². The van der Waals surface area contributed by atoms with Crippen molar-refractivity contribution in [1.82, 2.24) is 0 Å². The summed E-state index contributed by atoms with van der Waals surface area (Å²) in [6, 6.07) is 0. The quantitative estimate of drug-likeness (QED) is 0.690. The van der Waals surface area contributed by atoms with Gasteiger partial charge < -0.3 is 5.11 Å². The van der Waals surface area contributed by atoms with Gasteiger partial charge in [0.1, 0.15) is 0 Å². The molecular weight excluding hydrogens is 148 g/mol. The van der Waals surface area contributed by atoms with E-state index in [1.54, 1.807) is 0 Å². The standard InChI is InChI=1S/C11H22O/c1-7(2)8(3)9(4)10-5-11(12)6-10/h7-12H,5-6H2,1-4H3. The fourth-order valence-corrected chi connectivity index (χ4v) is 2.10. The highest BCUT2D eigenvalue weighted by atomic mass is 16.3. The summed E-state index contributed by atoms with van der Waals surface area (Å²) in [7, 11) is 0. The molecule has 1 heteroatoms. The van der Waals surface area contributed by atoms with Crippen LogP contribution < -0.4 is 0 Å². The fraction of sp³-hybridized carbons (Fsp3) is 1.00. The van der Waals surface area contributed by atoms with Gasteiger partial charge in [0.2, 0.25) is 0 Å². The van der Waals surface area contributed by atoms with Crippen LogP contribution in [-0.4, -0.2) is 11.2 Å². The van der Waals surface area contributed by atoms with Gasteiger partial charge in [0.05, 0.1) is 6.10 Å². The summed E-state index contributed by atoms with van der Waals surface area (Å²) in [5, 5.41) is 9.19. The van der Waals surface area contributed by atoms with Crippen LogP contribution in [0, 0.1) is 23.7 Å². The Morgan fingerprint density at radius 2 is 1.58 bits per heavy atom. The third-order valence-electron chi connectivity index (χ3n) is 3.77. The lowest BCUT2D eigenvalue weighted by atomic mass is 9.68. The molecular formula is C11H22O. The van der Waals surface area contributed by atoms with Crippen molar-refractivity contribution < 1.29 is 5.11 Å². The summed E-state index contributed by atoms with van der Waals surface area (Å²) in [5.41, 5.74) is 0. The second-order valence-corrected chi connectivity index (χ2v) is 4.85. The molecule has 1 rings (SSSR count). The summed E-state index contributed by atoms with van der Waals surface area (Å²) in [6.07, 6.45) is 2.09. The minimum atomic E-state index is 0.0109. The first kappa shape index (κ1) is 10.0. The molecule has 0 bridgehead atoms. The molecule has 0 heterocycles. The first-order chi connectivity index (χ1) is 5.52. The molecule has 0 aromatic carbocycles. The average Bonchev–Trinajstić information content (AvgIpc) is 1.95. The van der Waals surface area contributed by atoms with Crippen molar-refractivity contribution in [1.29, 1.82) is 0 Å². The van der Waals surface area contributed by atoms with Gasteiger partial charge in [0.25, 0.3) is 0 Å². The predicted octanol–water partition coefficient (Wildman–Crippen LogP) is 2.69. The number of aliphatic hydroxyl groups excluding tert-OH is 1. The van der Waals surface area contributed by atoms with Gasteiger partial charge in [0, 0.05) is 0 Å². The summed E-state index contributed by atoms with van der Waals surface area (Å²) in [4.78, 5) is 0.